The summed E-state index contributed by atoms with van der Waals surface area (Å²) in [5, 5.41) is 5.87. The zero-order chi connectivity index (χ0) is 11.7. The molecule has 0 bridgehead atoms. The van der Waals surface area contributed by atoms with Gasteiger partial charge in [-0.05, 0) is 24.3 Å². The first-order chi connectivity index (χ1) is 8.33. The van der Waals surface area contributed by atoms with Crippen molar-refractivity contribution in [1.82, 2.24) is 10.1 Å². The Hall–Kier alpha value is -1.40. The summed E-state index contributed by atoms with van der Waals surface area (Å²) < 4.78 is 10.8. The summed E-state index contributed by atoms with van der Waals surface area (Å²) in [7, 11) is 0. The van der Waals surface area contributed by atoms with Gasteiger partial charge in [-0.15, -0.1) is 11.3 Å². The predicted molar refractivity (Wildman–Crippen MR) is 64.7 cm³/mol. The molecule has 3 heterocycles. The fourth-order valence-corrected chi connectivity index (χ4v) is 2.67. The maximum Gasteiger partial charge on any atom is 0.270 e. The standard InChI is InChI=1S/C11H13N3O2S/c12-8-3-5-17-10(8)11-13-9(14-16-11)6-7-2-1-4-15-7/h3,5,7H,1-2,4,6,12H2. The second-order valence-corrected chi connectivity index (χ2v) is 4.98. The van der Waals surface area contributed by atoms with Crippen molar-refractivity contribution in [2.45, 2.75) is 25.4 Å². The van der Waals surface area contributed by atoms with Crippen molar-refractivity contribution in [3.8, 4) is 10.8 Å². The highest BCUT2D eigenvalue weighted by molar-refractivity contribution is 7.14. The van der Waals surface area contributed by atoms with Crippen molar-refractivity contribution in [2.75, 3.05) is 12.3 Å². The van der Waals surface area contributed by atoms with Crippen LogP contribution in [0, 0.1) is 0 Å². The molecule has 5 nitrogen and oxygen atoms in total. The first-order valence-electron chi connectivity index (χ1n) is 5.60. The highest BCUT2D eigenvalue weighted by atomic mass is 32.1. The van der Waals surface area contributed by atoms with E-state index in [1.165, 1.54) is 11.3 Å². The van der Waals surface area contributed by atoms with Crippen LogP contribution in [0.2, 0.25) is 0 Å². The molecular formula is C11H13N3O2S. The molecule has 17 heavy (non-hydrogen) atoms. The van der Waals surface area contributed by atoms with Crippen LogP contribution in [0.4, 0.5) is 5.69 Å². The lowest BCUT2D eigenvalue weighted by molar-refractivity contribution is 0.109. The topological polar surface area (TPSA) is 74.2 Å². The van der Waals surface area contributed by atoms with E-state index in [-0.39, 0.29) is 6.10 Å². The number of nitrogens with two attached hydrogens (primary N) is 1. The summed E-state index contributed by atoms with van der Waals surface area (Å²) in [6, 6.07) is 1.84. The van der Waals surface area contributed by atoms with Gasteiger partial charge in [0, 0.05) is 13.0 Å². The lowest BCUT2D eigenvalue weighted by atomic mass is 10.2. The fourth-order valence-electron chi connectivity index (χ4n) is 1.93. The molecule has 3 rings (SSSR count). The van der Waals surface area contributed by atoms with E-state index in [1.807, 2.05) is 11.4 Å². The minimum Gasteiger partial charge on any atom is -0.397 e. The normalized spacial score (nSPS) is 19.9. The van der Waals surface area contributed by atoms with Crippen molar-refractivity contribution >= 4 is 17.0 Å². The SMILES string of the molecule is Nc1ccsc1-c1nc(CC2CCCO2)no1. The minimum atomic E-state index is 0.237. The van der Waals surface area contributed by atoms with Crippen LogP contribution < -0.4 is 5.73 Å². The van der Waals surface area contributed by atoms with Crippen LogP contribution in [0.1, 0.15) is 18.7 Å². The van der Waals surface area contributed by atoms with Crippen LogP contribution in [-0.2, 0) is 11.2 Å². The van der Waals surface area contributed by atoms with Gasteiger partial charge in [-0.3, -0.25) is 0 Å². The lowest BCUT2D eigenvalue weighted by Gasteiger charge is -2.03. The van der Waals surface area contributed by atoms with Crippen LogP contribution in [0.15, 0.2) is 16.0 Å². The van der Waals surface area contributed by atoms with Crippen LogP contribution in [0.25, 0.3) is 10.8 Å². The average molecular weight is 251 g/mol. The van der Waals surface area contributed by atoms with E-state index in [1.54, 1.807) is 0 Å². The number of aromatic nitrogens is 2. The van der Waals surface area contributed by atoms with E-state index in [0.717, 1.165) is 30.7 Å². The number of ether oxygens (including phenoxy) is 1. The number of hydrogen-bond donors (Lipinski definition) is 1. The molecule has 0 radical (unpaired) electrons. The first kappa shape index (κ1) is 10.7. The van der Waals surface area contributed by atoms with Crippen LogP contribution in [0.3, 0.4) is 0 Å². The summed E-state index contributed by atoms with van der Waals surface area (Å²) in [4.78, 5) is 5.19. The van der Waals surface area contributed by atoms with Gasteiger partial charge in [0.2, 0.25) is 0 Å². The van der Waals surface area contributed by atoms with Crippen molar-refractivity contribution < 1.29 is 9.26 Å². The summed E-state index contributed by atoms with van der Waals surface area (Å²) in [5.41, 5.74) is 6.49. The van der Waals surface area contributed by atoms with E-state index in [4.69, 9.17) is 15.0 Å². The third-order valence-corrected chi connectivity index (χ3v) is 3.71. The highest BCUT2D eigenvalue weighted by Crippen LogP contribution is 2.30. The Morgan fingerprint density at radius 3 is 3.18 bits per heavy atom. The van der Waals surface area contributed by atoms with Crippen molar-refractivity contribution in [3.05, 3.63) is 17.3 Å². The van der Waals surface area contributed by atoms with Crippen molar-refractivity contribution in [2.24, 2.45) is 0 Å². The Bertz CT molecular complexity index is 502. The van der Waals surface area contributed by atoms with Crippen molar-refractivity contribution in [3.63, 3.8) is 0 Å². The van der Waals surface area contributed by atoms with Gasteiger partial charge in [0.05, 0.1) is 11.8 Å². The molecule has 0 aliphatic carbocycles. The molecule has 0 spiro atoms. The maximum atomic E-state index is 5.80. The van der Waals surface area contributed by atoms with Crippen LogP contribution in [-0.4, -0.2) is 22.9 Å². The predicted octanol–water partition coefficient (Wildman–Crippen LogP) is 2.10. The Labute approximate surface area is 103 Å². The molecule has 1 atom stereocenters. The molecule has 2 aromatic rings. The minimum absolute atomic E-state index is 0.237. The zero-order valence-corrected chi connectivity index (χ0v) is 10.1. The van der Waals surface area contributed by atoms with Gasteiger partial charge in [-0.25, -0.2) is 0 Å². The molecule has 0 saturated carbocycles. The fraction of sp³-hybridized carbons (Fsp3) is 0.455. The summed E-state index contributed by atoms with van der Waals surface area (Å²) in [6.45, 7) is 0.841. The van der Waals surface area contributed by atoms with Crippen molar-refractivity contribution in [1.29, 1.82) is 0 Å². The van der Waals surface area contributed by atoms with Gasteiger partial charge >= 0.3 is 0 Å². The van der Waals surface area contributed by atoms with E-state index >= 15 is 0 Å². The van der Waals surface area contributed by atoms with E-state index in [2.05, 4.69) is 10.1 Å². The van der Waals surface area contributed by atoms with Gasteiger partial charge < -0.3 is 15.0 Å². The number of anilines is 1. The Kier molecular flexibility index (Phi) is 2.82. The van der Waals surface area contributed by atoms with E-state index in [9.17, 15) is 0 Å². The van der Waals surface area contributed by atoms with Gasteiger partial charge in [0.15, 0.2) is 5.82 Å². The molecule has 2 N–H and O–H groups in total. The molecule has 1 fully saturated rings. The molecular weight excluding hydrogens is 238 g/mol. The Balaban J connectivity index is 1.76. The Morgan fingerprint density at radius 1 is 1.53 bits per heavy atom. The van der Waals surface area contributed by atoms with Gasteiger partial charge in [-0.1, -0.05) is 5.16 Å². The summed E-state index contributed by atoms with van der Waals surface area (Å²) >= 11 is 1.51. The number of thiophene rings is 1. The summed E-state index contributed by atoms with van der Waals surface area (Å²) in [5.74, 6) is 1.20. The summed E-state index contributed by atoms with van der Waals surface area (Å²) in [6.07, 6.45) is 3.15. The van der Waals surface area contributed by atoms with Crippen LogP contribution >= 0.6 is 11.3 Å². The smallest absolute Gasteiger partial charge is 0.270 e. The second kappa shape index (κ2) is 4.46. The largest absolute Gasteiger partial charge is 0.397 e. The zero-order valence-electron chi connectivity index (χ0n) is 9.26. The molecule has 0 aromatic carbocycles. The molecule has 2 aromatic heterocycles. The van der Waals surface area contributed by atoms with Gasteiger partial charge in [0.1, 0.15) is 4.88 Å². The molecule has 6 heteroatoms. The van der Waals surface area contributed by atoms with Gasteiger partial charge in [0.25, 0.3) is 5.89 Å². The number of nitrogen functional groups attached to an aromatic ring is 1. The molecule has 1 aliphatic heterocycles. The molecule has 1 unspecified atom stereocenters. The van der Waals surface area contributed by atoms with E-state index < -0.39 is 0 Å². The monoisotopic (exact) mass is 251 g/mol. The molecule has 0 amide bonds. The molecule has 1 saturated heterocycles. The Morgan fingerprint density at radius 2 is 2.47 bits per heavy atom. The molecule has 90 valence electrons. The third kappa shape index (κ3) is 2.18. The second-order valence-electron chi connectivity index (χ2n) is 4.06. The first-order valence-corrected chi connectivity index (χ1v) is 6.48. The lowest BCUT2D eigenvalue weighted by Crippen LogP contribution is -2.09. The maximum absolute atomic E-state index is 5.80. The number of rotatable bonds is 3. The quantitative estimate of drug-likeness (QED) is 0.904. The average Bonchev–Trinajstić information content (AvgIpc) is 3.00. The van der Waals surface area contributed by atoms with Gasteiger partial charge in [-0.2, -0.15) is 4.98 Å². The van der Waals surface area contributed by atoms with Crippen LogP contribution in [0.5, 0.6) is 0 Å². The third-order valence-electron chi connectivity index (χ3n) is 2.79. The highest BCUT2D eigenvalue weighted by Gasteiger charge is 2.20. The number of nitrogens with zero attached hydrogens (tertiary/aromatic N) is 2. The van der Waals surface area contributed by atoms with E-state index in [0.29, 0.717) is 17.4 Å². The number of hydrogen-bond acceptors (Lipinski definition) is 6. The molecule has 1 aliphatic rings.